The summed E-state index contributed by atoms with van der Waals surface area (Å²) in [5.41, 5.74) is 4.69. The molecule has 1 aromatic heterocycles. The highest BCUT2D eigenvalue weighted by Crippen LogP contribution is 2.21. The van der Waals surface area contributed by atoms with E-state index in [1.54, 1.807) is 6.33 Å². The summed E-state index contributed by atoms with van der Waals surface area (Å²) in [5, 5.41) is 8.88. The fraction of sp³-hybridized carbons (Fsp3) is 0.222. The number of hydrogen-bond donors (Lipinski definition) is 2. The molecule has 0 saturated carbocycles. The lowest BCUT2D eigenvalue weighted by Gasteiger charge is -2.04. The minimum absolute atomic E-state index is 0.692. The molecule has 0 bridgehead atoms. The van der Waals surface area contributed by atoms with E-state index in [0.29, 0.717) is 5.69 Å². The van der Waals surface area contributed by atoms with Gasteiger partial charge in [0.1, 0.15) is 0 Å². The Bertz CT molecular complexity index is 422. The van der Waals surface area contributed by atoms with Crippen molar-refractivity contribution in [1.82, 2.24) is 9.55 Å². The Morgan fingerprint density at radius 2 is 2.38 bits per heavy atom. The number of aryl methyl sites for hydroxylation is 1. The van der Waals surface area contributed by atoms with Crippen molar-refractivity contribution < 1.29 is 5.21 Å². The number of anilines is 1. The summed E-state index contributed by atoms with van der Waals surface area (Å²) in [4.78, 5) is 4.21. The van der Waals surface area contributed by atoms with Crippen LogP contribution in [0.15, 0.2) is 24.5 Å². The van der Waals surface area contributed by atoms with Crippen LogP contribution in [0.25, 0.3) is 11.0 Å². The second kappa shape index (κ2) is 3.06. The van der Waals surface area contributed by atoms with Gasteiger partial charge in [0.15, 0.2) is 0 Å². The number of rotatable bonds is 2. The molecule has 68 valence electrons. The third-order valence-electron chi connectivity index (χ3n) is 2.10. The van der Waals surface area contributed by atoms with Gasteiger partial charge in [0.25, 0.3) is 0 Å². The predicted molar refractivity (Wildman–Crippen MR) is 50.8 cm³/mol. The van der Waals surface area contributed by atoms with Gasteiger partial charge in [-0.05, 0) is 19.1 Å². The lowest BCUT2D eigenvalue weighted by molar-refractivity contribution is 0.389. The molecule has 4 nitrogen and oxygen atoms in total. The molecule has 0 atom stereocenters. The molecule has 4 heteroatoms. The summed E-state index contributed by atoms with van der Waals surface area (Å²) in [6, 6.07) is 5.59. The van der Waals surface area contributed by atoms with E-state index in [4.69, 9.17) is 5.21 Å². The minimum atomic E-state index is 0.692. The molecule has 1 heterocycles. The van der Waals surface area contributed by atoms with Crippen LogP contribution in [0.1, 0.15) is 6.92 Å². The van der Waals surface area contributed by atoms with Gasteiger partial charge in [-0.25, -0.2) is 4.98 Å². The first-order valence-corrected chi connectivity index (χ1v) is 4.20. The van der Waals surface area contributed by atoms with Gasteiger partial charge in [-0.3, -0.25) is 10.7 Å². The van der Waals surface area contributed by atoms with Crippen LogP contribution in [0.2, 0.25) is 0 Å². The maximum absolute atomic E-state index is 8.88. The van der Waals surface area contributed by atoms with Crippen LogP contribution >= 0.6 is 0 Å². The van der Waals surface area contributed by atoms with Crippen LogP contribution in [-0.4, -0.2) is 14.8 Å². The molecule has 0 unspecified atom stereocenters. The van der Waals surface area contributed by atoms with Crippen molar-refractivity contribution in [1.29, 1.82) is 0 Å². The lowest BCUT2D eigenvalue weighted by atomic mass is 10.2. The summed E-state index contributed by atoms with van der Waals surface area (Å²) in [6.45, 7) is 2.88. The van der Waals surface area contributed by atoms with E-state index in [1.807, 2.05) is 29.7 Å². The van der Waals surface area contributed by atoms with Crippen LogP contribution in [0.5, 0.6) is 0 Å². The summed E-state index contributed by atoms with van der Waals surface area (Å²) >= 11 is 0. The SMILES string of the molecule is CCn1cnc2cccc(NO)c21. The zero-order valence-electron chi connectivity index (χ0n) is 7.36. The molecule has 2 N–H and O–H groups in total. The number of nitrogens with one attached hydrogen (secondary N) is 1. The second-order valence-corrected chi connectivity index (χ2v) is 2.82. The van der Waals surface area contributed by atoms with Gasteiger partial charge in [0.05, 0.1) is 23.0 Å². The van der Waals surface area contributed by atoms with Crippen molar-refractivity contribution in [2.45, 2.75) is 13.5 Å². The number of para-hydroxylation sites is 1. The zero-order valence-corrected chi connectivity index (χ0v) is 7.36. The van der Waals surface area contributed by atoms with E-state index in [2.05, 4.69) is 10.5 Å². The standard InChI is InChI=1S/C9H11N3O/c1-2-12-6-10-7-4-3-5-8(11-13)9(7)12/h3-6,11,13H,2H2,1H3. The third-order valence-corrected chi connectivity index (χ3v) is 2.10. The van der Waals surface area contributed by atoms with Gasteiger partial charge in [-0.2, -0.15) is 0 Å². The smallest absolute Gasteiger partial charge is 0.0958 e. The Morgan fingerprint density at radius 3 is 3.08 bits per heavy atom. The van der Waals surface area contributed by atoms with Gasteiger partial charge < -0.3 is 4.57 Å². The minimum Gasteiger partial charge on any atom is -0.329 e. The summed E-state index contributed by atoms with van der Waals surface area (Å²) < 4.78 is 1.98. The van der Waals surface area contributed by atoms with Crippen molar-refractivity contribution in [3.63, 3.8) is 0 Å². The van der Waals surface area contributed by atoms with E-state index in [9.17, 15) is 0 Å². The molecule has 0 aliphatic heterocycles. The number of benzene rings is 1. The molecule has 1 aromatic carbocycles. The van der Waals surface area contributed by atoms with Crippen molar-refractivity contribution in [3.05, 3.63) is 24.5 Å². The maximum Gasteiger partial charge on any atom is 0.0958 e. The molecule has 0 spiro atoms. The molecule has 0 radical (unpaired) electrons. The van der Waals surface area contributed by atoms with E-state index in [-0.39, 0.29) is 0 Å². The summed E-state index contributed by atoms with van der Waals surface area (Å²) in [6.07, 6.45) is 1.77. The maximum atomic E-state index is 8.88. The molecule has 0 aliphatic rings. The number of imidazole rings is 1. The normalized spacial score (nSPS) is 10.6. The van der Waals surface area contributed by atoms with Crippen LogP contribution < -0.4 is 5.48 Å². The Labute approximate surface area is 75.8 Å². The monoisotopic (exact) mass is 177 g/mol. The molecule has 0 fully saturated rings. The molecular weight excluding hydrogens is 166 g/mol. The fourth-order valence-electron chi connectivity index (χ4n) is 1.46. The molecule has 0 aliphatic carbocycles. The highest BCUT2D eigenvalue weighted by molar-refractivity contribution is 5.88. The Balaban J connectivity index is 2.76. The average Bonchev–Trinajstić information content (AvgIpc) is 2.60. The van der Waals surface area contributed by atoms with Crippen LogP contribution in [0, 0.1) is 0 Å². The topological polar surface area (TPSA) is 50.1 Å². The van der Waals surface area contributed by atoms with Crippen molar-refractivity contribution >= 4 is 16.7 Å². The van der Waals surface area contributed by atoms with Crippen molar-refractivity contribution in [2.24, 2.45) is 0 Å². The van der Waals surface area contributed by atoms with Gasteiger partial charge in [0.2, 0.25) is 0 Å². The first kappa shape index (κ1) is 8.07. The fourth-order valence-corrected chi connectivity index (χ4v) is 1.46. The Kier molecular flexibility index (Phi) is 1.90. The molecule has 0 amide bonds. The first-order valence-electron chi connectivity index (χ1n) is 4.20. The van der Waals surface area contributed by atoms with E-state index < -0.39 is 0 Å². The highest BCUT2D eigenvalue weighted by Gasteiger charge is 2.04. The summed E-state index contributed by atoms with van der Waals surface area (Å²) in [7, 11) is 0. The molecular formula is C9H11N3O. The van der Waals surface area contributed by atoms with Crippen molar-refractivity contribution in [3.8, 4) is 0 Å². The first-order chi connectivity index (χ1) is 6.36. The molecule has 13 heavy (non-hydrogen) atoms. The number of fused-ring (bicyclic) bond motifs is 1. The Hall–Kier alpha value is -1.55. The molecule has 2 aromatic rings. The van der Waals surface area contributed by atoms with Gasteiger partial charge in [-0.1, -0.05) is 6.07 Å². The number of aromatic nitrogens is 2. The second-order valence-electron chi connectivity index (χ2n) is 2.82. The molecule has 0 saturated heterocycles. The summed E-state index contributed by atoms with van der Waals surface area (Å²) in [5.74, 6) is 0. The highest BCUT2D eigenvalue weighted by atomic mass is 16.5. The van der Waals surface area contributed by atoms with Crippen LogP contribution in [-0.2, 0) is 6.54 Å². The van der Waals surface area contributed by atoms with Crippen LogP contribution in [0.4, 0.5) is 5.69 Å². The van der Waals surface area contributed by atoms with E-state index >= 15 is 0 Å². The quantitative estimate of drug-likeness (QED) is 0.688. The van der Waals surface area contributed by atoms with Crippen molar-refractivity contribution in [2.75, 3.05) is 5.48 Å². The number of nitrogens with zero attached hydrogens (tertiary/aromatic N) is 2. The van der Waals surface area contributed by atoms with Gasteiger partial charge >= 0.3 is 0 Å². The van der Waals surface area contributed by atoms with Gasteiger partial charge in [-0.15, -0.1) is 0 Å². The average molecular weight is 177 g/mol. The third kappa shape index (κ3) is 1.15. The number of hydrogen-bond acceptors (Lipinski definition) is 3. The lowest BCUT2D eigenvalue weighted by Crippen LogP contribution is -1.96. The Morgan fingerprint density at radius 1 is 1.54 bits per heavy atom. The zero-order chi connectivity index (χ0) is 9.26. The largest absolute Gasteiger partial charge is 0.329 e. The van der Waals surface area contributed by atoms with Crippen LogP contribution in [0.3, 0.4) is 0 Å². The van der Waals surface area contributed by atoms with Gasteiger partial charge in [0, 0.05) is 6.54 Å². The molecule has 2 rings (SSSR count). The van der Waals surface area contributed by atoms with E-state index in [0.717, 1.165) is 17.6 Å². The van der Waals surface area contributed by atoms with E-state index in [1.165, 1.54) is 0 Å². The predicted octanol–water partition coefficient (Wildman–Crippen LogP) is 1.86.